The molecule has 1 aliphatic heterocycles. The first-order valence-electron chi connectivity index (χ1n) is 10.8. The lowest BCUT2D eigenvalue weighted by atomic mass is 9.88. The Morgan fingerprint density at radius 2 is 1.75 bits per heavy atom. The minimum absolute atomic E-state index is 0.0729. The number of benzene rings is 2. The van der Waals surface area contributed by atoms with Gasteiger partial charge in [0.25, 0.3) is 0 Å². The highest BCUT2D eigenvalue weighted by molar-refractivity contribution is 5.98. The summed E-state index contributed by atoms with van der Waals surface area (Å²) in [5.41, 5.74) is 2.29. The van der Waals surface area contributed by atoms with E-state index in [-0.39, 0.29) is 30.0 Å². The number of carbonyl (C=O) groups is 2. The molecule has 0 spiro atoms. The van der Waals surface area contributed by atoms with E-state index in [0.717, 1.165) is 11.1 Å². The summed E-state index contributed by atoms with van der Waals surface area (Å²) < 4.78 is 19.0. The molecule has 0 aliphatic carbocycles. The zero-order chi connectivity index (χ0) is 22.3. The molecule has 1 fully saturated rings. The molecule has 1 saturated heterocycles. The van der Waals surface area contributed by atoms with Gasteiger partial charge in [-0.1, -0.05) is 18.2 Å². The summed E-state index contributed by atoms with van der Waals surface area (Å²) in [6, 6.07) is 17.1. The van der Waals surface area contributed by atoms with Crippen molar-refractivity contribution in [2.75, 3.05) is 13.1 Å². The molecule has 2 heterocycles. The van der Waals surface area contributed by atoms with Gasteiger partial charge in [0.2, 0.25) is 5.91 Å². The van der Waals surface area contributed by atoms with Crippen molar-refractivity contribution in [1.29, 1.82) is 0 Å². The van der Waals surface area contributed by atoms with Gasteiger partial charge in [-0.15, -0.1) is 0 Å². The molecule has 0 radical (unpaired) electrons. The summed E-state index contributed by atoms with van der Waals surface area (Å²) in [4.78, 5) is 31.3. The average Bonchev–Trinajstić information content (AvgIpc) is 2.83. The molecular weight excluding hydrogens is 407 g/mol. The predicted molar refractivity (Wildman–Crippen MR) is 119 cm³/mol. The smallest absolute Gasteiger partial charge is 0.227 e. The second kappa shape index (κ2) is 10.2. The van der Waals surface area contributed by atoms with Crippen LogP contribution in [0.15, 0.2) is 73.1 Å². The van der Waals surface area contributed by atoms with Crippen LogP contribution in [0, 0.1) is 11.7 Å². The van der Waals surface area contributed by atoms with Crippen LogP contribution in [0.5, 0.6) is 5.75 Å². The summed E-state index contributed by atoms with van der Waals surface area (Å²) in [5, 5.41) is 0. The molecule has 0 unspecified atom stereocenters. The molecule has 0 saturated carbocycles. The van der Waals surface area contributed by atoms with Crippen molar-refractivity contribution >= 4 is 11.7 Å². The maximum atomic E-state index is 13.3. The number of amides is 1. The lowest BCUT2D eigenvalue weighted by Crippen LogP contribution is -2.41. The maximum absolute atomic E-state index is 13.3. The molecule has 0 atom stereocenters. The van der Waals surface area contributed by atoms with E-state index in [1.54, 1.807) is 48.8 Å². The lowest BCUT2D eigenvalue weighted by molar-refractivity contribution is -0.131. The Hall–Kier alpha value is -3.54. The van der Waals surface area contributed by atoms with Gasteiger partial charge in [-0.05, 0) is 66.4 Å². The molecular formula is C26H25FN2O3. The molecule has 0 N–H and O–H groups in total. The van der Waals surface area contributed by atoms with E-state index in [0.29, 0.717) is 43.7 Å². The molecule has 1 amide bonds. The van der Waals surface area contributed by atoms with E-state index in [4.69, 9.17) is 4.74 Å². The zero-order valence-corrected chi connectivity index (χ0v) is 17.7. The normalized spacial score (nSPS) is 14.2. The minimum Gasteiger partial charge on any atom is -0.489 e. The number of likely N-dealkylation sites (tertiary alicyclic amines) is 1. The molecule has 164 valence electrons. The van der Waals surface area contributed by atoms with Crippen molar-refractivity contribution in [1.82, 2.24) is 9.88 Å². The van der Waals surface area contributed by atoms with Crippen LogP contribution in [0.1, 0.15) is 34.3 Å². The number of ketones is 1. The first kappa shape index (κ1) is 21.7. The third-order valence-electron chi connectivity index (χ3n) is 5.73. The molecule has 1 aromatic heterocycles. The summed E-state index contributed by atoms with van der Waals surface area (Å²) in [7, 11) is 0. The maximum Gasteiger partial charge on any atom is 0.227 e. The minimum atomic E-state index is -0.295. The topological polar surface area (TPSA) is 59.5 Å². The number of ether oxygens (including phenoxy) is 1. The second-order valence-electron chi connectivity index (χ2n) is 8.00. The Morgan fingerprint density at radius 3 is 2.44 bits per heavy atom. The number of hydrogen-bond acceptors (Lipinski definition) is 4. The largest absolute Gasteiger partial charge is 0.489 e. The predicted octanol–water partition coefficient (Wildman–Crippen LogP) is 4.46. The van der Waals surface area contributed by atoms with Crippen molar-refractivity contribution < 1.29 is 18.7 Å². The van der Waals surface area contributed by atoms with Crippen molar-refractivity contribution in [3.63, 3.8) is 0 Å². The van der Waals surface area contributed by atoms with Crippen LogP contribution in [0.4, 0.5) is 4.39 Å². The van der Waals surface area contributed by atoms with Crippen molar-refractivity contribution in [3.8, 4) is 5.75 Å². The van der Waals surface area contributed by atoms with Crippen molar-refractivity contribution in [2.45, 2.75) is 25.9 Å². The fourth-order valence-corrected chi connectivity index (χ4v) is 3.92. The molecule has 5 nitrogen and oxygen atoms in total. The van der Waals surface area contributed by atoms with Gasteiger partial charge in [-0.25, -0.2) is 4.39 Å². The van der Waals surface area contributed by atoms with E-state index < -0.39 is 0 Å². The number of Topliss-reactive ketones (excluding diaryl/α,β-unsaturated/α-hetero) is 1. The first-order valence-corrected chi connectivity index (χ1v) is 10.8. The number of rotatable bonds is 7. The van der Waals surface area contributed by atoms with Crippen LogP contribution in [-0.2, 0) is 17.8 Å². The van der Waals surface area contributed by atoms with Crippen molar-refractivity contribution in [2.24, 2.45) is 5.92 Å². The monoisotopic (exact) mass is 432 g/mol. The molecule has 4 rings (SSSR count). The van der Waals surface area contributed by atoms with Crippen LogP contribution < -0.4 is 4.74 Å². The van der Waals surface area contributed by atoms with Gasteiger partial charge >= 0.3 is 0 Å². The molecule has 2 aromatic carbocycles. The second-order valence-corrected chi connectivity index (χ2v) is 8.00. The molecule has 1 aliphatic rings. The fraction of sp³-hybridized carbons (Fsp3) is 0.269. The summed E-state index contributed by atoms with van der Waals surface area (Å²) in [5.74, 6) is 0.416. The van der Waals surface area contributed by atoms with Gasteiger partial charge < -0.3 is 9.64 Å². The highest BCUT2D eigenvalue weighted by Crippen LogP contribution is 2.24. The fourth-order valence-electron chi connectivity index (χ4n) is 3.92. The quantitative estimate of drug-likeness (QED) is 0.517. The number of hydrogen-bond donors (Lipinski definition) is 0. The number of nitrogens with zero attached hydrogens (tertiary/aromatic N) is 2. The Balaban J connectivity index is 1.27. The molecule has 3 aromatic rings. The van der Waals surface area contributed by atoms with Gasteiger partial charge in [0, 0.05) is 37.0 Å². The van der Waals surface area contributed by atoms with Gasteiger partial charge in [0.15, 0.2) is 5.78 Å². The first-order chi connectivity index (χ1) is 15.6. The number of aromatic nitrogens is 1. The van der Waals surface area contributed by atoms with Crippen LogP contribution >= 0.6 is 0 Å². The van der Waals surface area contributed by atoms with Gasteiger partial charge in [0.1, 0.15) is 18.2 Å². The molecule has 0 bridgehead atoms. The summed E-state index contributed by atoms with van der Waals surface area (Å²) in [6.45, 7) is 1.44. The average molecular weight is 432 g/mol. The Bertz CT molecular complexity index is 1060. The van der Waals surface area contributed by atoms with Gasteiger partial charge in [0.05, 0.1) is 6.42 Å². The van der Waals surface area contributed by atoms with Crippen LogP contribution in [-0.4, -0.2) is 34.7 Å². The van der Waals surface area contributed by atoms with E-state index in [1.165, 1.54) is 12.1 Å². The highest BCUT2D eigenvalue weighted by Gasteiger charge is 2.28. The Labute approximate surface area is 186 Å². The van der Waals surface area contributed by atoms with E-state index >= 15 is 0 Å². The molecule has 6 heteroatoms. The number of carbonyl (C=O) groups excluding carboxylic acids is 2. The van der Waals surface area contributed by atoms with Gasteiger partial charge in [-0.3, -0.25) is 14.6 Å². The van der Waals surface area contributed by atoms with E-state index in [1.807, 2.05) is 17.0 Å². The SMILES string of the molecule is O=C(c1ccc(OCc2cccc(F)c2)cc1)C1CCN(C(=O)Cc2cccnc2)CC1. The number of pyridine rings is 1. The third kappa shape index (κ3) is 5.58. The van der Waals surface area contributed by atoms with Crippen molar-refractivity contribution in [3.05, 3.63) is 95.6 Å². The number of piperidine rings is 1. The number of halogens is 1. The van der Waals surface area contributed by atoms with Gasteiger partial charge in [-0.2, -0.15) is 0 Å². The summed E-state index contributed by atoms with van der Waals surface area (Å²) >= 11 is 0. The van der Waals surface area contributed by atoms with Crippen LogP contribution in [0.2, 0.25) is 0 Å². The highest BCUT2D eigenvalue weighted by atomic mass is 19.1. The van der Waals surface area contributed by atoms with E-state index in [9.17, 15) is 14.0 Å². The molecule has 32 heavy (non-hydrogen) atoms. The van der Waals surface area contributed by atoms with E-state index in [2.05, 4.69) is 4.98 Å². The Kier molecular flexibility index (Phi) is 6.90. The lowest BCUT2D eigenvalue weighted by Gasteiger charge is -2.31. The standard InChI is InChI=1S/C26H25FN2O3/c27-23-5-1-3-20(15-23)18-32-24-8-6-21(7-9-24)26(31)22-10-13-29(14-11-22)25(30)16-19-4-2-12-28-17-19/h1-9,12,15,17,22H,10-11,13-14,16,18H2. The van der Waals surface area contributed by atoms with Crippen LogP contribution in [0.25, 0.3) is 0 Å². The van der Waals surface area contributed by atoms with Crippen LogP contribution in [0.3, 0.4) is 0 Å². The zero-order valence-electron chi connectivity index (χ0n) is 17.7. The summed E-state index contributed by atoms with van der Waals surface area (Å²) in [6.07, 6.45) is 5.06. The third-order valence-corrected chi connectivity index (χ3v) is 5.73. The Morgan fingerprint density at radius 1 is 1.00 bits per heavy atom.